The second-order valence-corrected chi connectivity index (χ2v) is 5.13. The summed E-state index contributed by atoms with van der Waals surface area (Å²) >= 11 is 0. The van der Waals surface area contributed by atoms with Crippen molar-refractivity contribution < 1.29 is 14.7 Å². The number of aromatic amines is 1. The number of aromatic nitrogens is 1. The van der Waals surface area contributed by atoms with Crippen LogP contribution in [-0.2, 0) is 4.79 Å². The summed E-state index contributed by atoms with van der Waals surface area (Å²) in [4.78, 5) is 28.2. The van der Waals surface area contributed by atoms with Crippen molar-refractivity contribution >= 4 is 22.8 Å². The van der Waals surface area contributed by atoms with Crippen molar-refractivity contribution in [3.63, 3.8) is 0 Å². The number of para-hydroxylation sites is 1. The van der Waals surface area contributed by atoms with E-state index in [0.717, 1.165) is 22.2 Å². The zero-order chi connectivity index (χ0) is 15.6. The highest BCUT2D eigenvalue weighted by Gasteiger charge is 2.19. The van der Waals surface area contributed by atoms with Gasteiger partial charge >= 0.3 is 5.97 Å². The SMILES string of the molecule is CCN(CCC(=O)O)C(=O)c1cccc2c(C)c(C)[nH]c12. The monoisotopic (exact) mass is 288 g/mol. The number of hydrogen-bond donors (Lipinski definition) is 2. The predicted molar refractivity (Wildman–Crippen MR) is 81.6 cm³/mol. The van der Waals surface area contributed by atoms with E-state index < -0.39 is 5.97 Å². The highest BCUT2D eigenvalue weighted by Crippen LogP contribution is 2.25. The average Bonchev–Trinajstić information content (AvgIpc) is 2.74. The van der Waals surface area contributed by atoms with Crippen LogP contribution >= 0.6 is 0 Å². The Bertz CT molecular complexity index is 688. The van der Waals surface area contributed by atoms with E-state index >= 15 is 0 Å². The average molecular weight is 288 g/mol. The van der Waals surface area contributed by atoms with Crippen molar-refractivity contribution in [2.45, 2.75) is 27.2 Å². The number of carboxylic acids is 1. The Kier molecular flexibility index (Phi) is 4.31. The molecule has 2 N–H and O–H groups in total. The lowest BCUT2D eigenvalue weighted by Crippen LogP contribution is -2.33. The summed E-state index contributed by atoms with van der Waals surface area (Å²) in [7, 11) is 0. The number of amides is 1. The number of rotatable bonds is 5. The Morgan fingerprint density at radius 3 is 2.62 bits per heavy atom. The first kappa shape index (κ1) is 15.1. The van der Waals surface area contributed by atoms with Crippen molar-refractivity contribution in [2.75, 3.05) is 13.1 Å². The van der Waals surface area contributed by atoms with Gasteiger partial charge in [-0.25, -0.2) is 0 Å². The Balaban J connectivity index is 2.38. The largest absolute Gasteiger partial charge is 0.481 e. The third kappa shape index (κ3) is 2.91. The molecule has 0 fully saturated rings. The molecule has 1 aromatic carbocycles. The van der Waals surface area contributed by atoms with E-state index in [9.17, 15) is 9.59 Å². The van der Waals surface area contributed by atoms with Crippen LogP contribution in [0.4, 0.5) is 0 Å². The number of carboxylic acid groups (broad SMARTS) is 1. The number of nitrogens with one attached hydrogen (secondary N) is 1. The number of carbonyl (C=O) groups excluding carboxylic acids is 1. The molecule has 5 heteroatoms. The quantitative estimate of drug-likeness (QED) is 0.888. The van der Waals surface area contributed by atoms with E-state index in [1.165, 1.54) is 0 Å². The lowest BCUT2D eigenvalue weighted by molar-refractivity contribution is -0.137. The molecule has 0 spiro atoms. The molecule has 1 aromatic heterocycles. The first-order valence-corrected chi connectivity index (χ1v) is 7.04. The Labute approximate surface area is 123 Å². The highest BCUT2D eigenvalue weighted by atomic mass is 16.4. The smallest absolute Gasteiger partial charge is 0.305 e. The van der Waals surface area contributed by atoms with Crippen molar-refractivity contribution in [1.29, 1.82) is 0 Å². The summed E-state index contributed by atoms with van der Waals surface area (Å²) < 4.78 is 0. The molecule has 5 nitrogen and oxygen atoms in total. The molecule has 2 rings (SSSR count). The maximum absolute atomic E-state index is 12.6. The van der Waals surface area contributed by atoms with Crippen LogP contribution in [0.5, 0.6) is 0 Å². The van der Waals surface area contributed by atoms with Gasteiger partial charge < -0.3 is 15.0 Å². The summed E-state index contributed by atoms with van der Waals surface area (Å²) in [5, 5.41) is 9.81. The van der Waals surface area contributed by atoms with Gasteiger partial charge in [0.1, 0.15) is 0 Å². The predicted octanol–water partition coefficient (Wildman–Crippen LogP) is 2.72. The summed E-state index contributed by atoms with van der Waals surface area (Å²) in [5.41, 5.74) is 3.59. The molecular formula is C16H20N2O3. The molecule has 2 aromatic rings. The fraction of sp³-hybridized carbons (Fsp3) is 0.375. The molecule has 0 saturated heterocycles. The lowest BCUT2D eigenvalue weighted by Gasteiger charge is -2.20. The van der Waals surface area contributed by atoms with Gasteiger partial charge in [0.15, 0.2) is 0 Å². The summed E-state index contributed by atoms with van der Waals surface area (Å²) in [6.07, 6.45) is -0.0433. The molecule has 112 valence electrons. The van der Waals surface area contributed by atoms with Crippen LogP contribution < -0.4 is 0 Å². The van der Waals surface area contributed by atoms with E-state index in [1.54, 1.807) is 11.0 Å². The first-order valence-electron chi connectivity index (χ1n) is 7.04. The van der Waals surface area contributed by atoms with Gasteiger partial charge in [-0.15, -0.1) is 0 Å². The second-order valence-electron chi connectivity index (χ2n) is 5.13. The van der Waals surface area contributed by atoms with Crippen LogP contribution in [0, 0.1) is 13.8 Å². The Morgan fingerprint density at radius 2 is 2.00 bits per heavy atom. The standard InChI is InChI=1S/C16H20N2O3/c1-4-18(9-8-14(19)20)16(21)13-7-5-6-12-10(2)11(3)17-15(12)13/h5-7,17H,4,8-9H2,1-3H3,(H,19,20). The third-order valence-corrected chi connectivity index (χ3v) is 3.84. The molecule has 0 aliphatic rings. The number of benzene rings is 1. The molecule has 0 aliphatic carbocycles. The molecule has 1 heterocycles. The highest BCUT2D eigenvalue weighted by molar-refractivity contribution is 6.06. The lowest BCUT2D eigenvalue weighted by atomic mass is 10.1. The van der Waals surface area contributed by atoms with Crippen molar-refractivity contribution in [2.24, 2.45) is 0 Å². The molecule has 21 heavy (non-hydrogen) atoms. The van der Waals surface area contributed by atoms with Gasteiger partial charge in [-0.3, -0.25) is 9.59 Å². The number of carbonyl (C=O) groups is 2. The van der Waals surface area contributed by atoms with E-state index in [-0.39, 0.29) is 18.9 Å². The zero-order valence-electron chi connectivity index (χ0n) is 12.6. The molecular weight excluding hydrogens is 268 g/mol. The normalized spacial score (nSPS) is 10.8. The van der Waals surface area contributed by atoms with E-state index in [4.69, 9.17) is 5.11 Å². The number of aryl methyl sites for hydroxylation is 2. The Hall–Kier alpha value is -2.30. The van der Waals surface area contributed by atoms with Crippen LogP contribution in [0.3, 0.4) is 0 Å². The summed E-state index contributed by atoms with van der Waals surface area (Å²) in [5.74, 6) is -1.03. The van der Waals surface area contributed by atoms with Gasteiger partial charge in [0.05, 0.1) is 17.5 Å². The number of aliphatic carboxylic acids is 1. The fourth-order valence-corrected chi connectivity index (χ4v) is 2.47. The van der Waals surface area contributed by atoms with Crippen molar-refractivity contribution in [1.82, 2.24) is 9.88 Å². The minimum atomic E-state index is -0.897. The molecule has 0 atom stereocenters. The van der Waals surface area contributed by atoms with Gasteiger partial charge in [-0.2, -0.15) is 0 Å². The maximum Gasteiger partial charge on any atom is 0.305 e. The van der Waals surface area contributed by atoms with Gasteiger partial charge in [0, 0.05) is 24.2 Å². The van der Waals surface area contributed by atoms with Crippen molar-refractivity contribution in [3.8, 4) is 0 Å². The van der Waals surface area contributed by atoms with Gasteiger partial charge in [0.2, 0.25) is 0 Å². The van der Waals surface area contributed by atoms with Crippen LogP contribution in [0.2, 0.25) is 0 Å². The number of hydrogen-bond acceptors (Lipinski definition) is 2. The van der Waals surface area contributed by atoms with E-state index in [1.807, 2.05) is 32.9 Å². The zero-order valence-corrected chi connectivity index (χ0v) is 12.6. The number of H-pyrrole nitrogens is 1. The van der Waals surface area contributed by atoms with Gasteiger partial charge in [0.25, 0.3) is 5.91 Å². The fourth-order valence-electron chi connectivity index (χ4n) is 2.47. The minimum Gasteiger partial charge on any atom is -0.481 e. The second kappa shape index (κ2) is 5.99. The van der Waals surface area contributed by atoms with Crippen molar-refractivity contribution in [3.05, 3.63) is 35.0 Å². The molecule has 0 unspecified atom stereocenters. The third-order valence-electron chi connectivity index (χ3n) is 3.84. The summed E-state index contributed by atoms with van der Waals surface area (Å²) in [6, 6.07) is 5.63. The van der Waals surface area contributed by atoms with Crippen LogP contribution in [0.25, 0.3) is 10.9 Å². The molecule has 0 saturated carbocycles. The van der Waals surface area contributed by atoms with Crippen LogP contribution in [0.15, 0.2) is 18.2 Å². The number of fused-ring (bicyclic) bond motifs is 1. The molecule has 0 radical (unpaired) electrons. The minimum absolute atomic E-state index is 0.0433. The Morgan fingerprint density at radius 1 is 1.29 bits per heavy atom. The van der Waals surface area contributed by atoms with Gasteiger partial charge in [-0.1, -0.05) is 12.1 Å². The molecule has 0 bridgehead atoms. The van der Waals surface area contributed by atoms with Crippen LogP contribution in [0.1, 0.15) is 35.0 Å². The first-order chi connectivity index (χ1) is 9.95. The number of nitrogens with zero attached hydrogens (tertiary/aromatic N) is 1. The van der Waals surface area contributed by atoms with Gasteiger partial charge in [-0.05, 0) is 32.4 Å². The topological polar surface area (TPSA) is 73.4 Å². The van der Waals surface area contributed by atoms with Crippen LogP contribution in [-0.4, -0.2) is 40.0 Å². The van der Waals surface area contributed by atoms with E-state index in [0.29, 0.717) is 12.1 Å². The summed E-state index contributed by atoms with van der Waals surface area (Å²) in [6.45, 7) is 6.56. The maximum atomic E-state index is 12.6. The molecule has 0 aliphatic heterocycles. The van der Waals surface area contributed by atoms with E-state index in [2.05, 4.69) is 4.98 Å². The molecule has 1 amide bonds.